The number of nitrogens with two attached hydrogens (primary N) is 1. The van der Waals surface area contributed by atoms with Crippen LogP contribution in [0.4, 0.5) is 0 Å². The third-order valence-corrected chi connectivity index (χ3v) is 3.07. The van der Waals surface area contributed by atoms with E-state index in [0.717, 1.165) is 6.54 Å². The molecule has 0 aromatic heterocycles. The number of carbonyl (C=O) groups excluding carboxylic acids is 1. The Morgan fingerprint density at radius 1 is 1.29 bits per heavy atom. The van der Waals surface area contributed by atoms with E-state index in [9.17, 15) is 4.79 Å². The van der Waals surface area contributed by atoms with Gasteiger partial charge in [-0.25, -0.2) is 0 Å². The van der Waals surface area contributed by atoms with Crippen LogP contribution in [0.25, 0.3) is 0 Å². The first kappa shape index (κ1) is 13.7. The van der Waals surface area contributed by atoms with Gasteiger partial charge in [-0.2, -0.15) is 0 Å². The third-order valence-electron chi connectivity index (χ3n) is 3.07. The highest BCUT2D eigenvalue weighted by Crippen LogP contribution is 2.16. The first-order chi connectivity index (χ1) is 8.06. The van der Waals surface area contributed by atoms with Crippen LogP contribution >= 0.6 is 0 Å². The molecular formula is C14H22N2O. The predicted octanol–water partition coefficient (Wildman–Crippen LogP) is 1.84. The molecule has 0 saturated heterocycles. The summed E-state index contributed by atoms with van der Waals surface area (Å²) in [6.07, 6.45) is 0. The lowest BCUT2D eigenvalue weighted by Gasteiger charge is -2.24. The third kappa shape index (κ3) is 3.86. The van der Waals surface area contributed by atoms with Crippen molar-refractivity contribution in [2.75, 3.05) is 20.1 Å². The summed E-state index contributed by atoms with van der Waals surface area (Å²) in [6, 6.07) is 10.2. The molecule has 0 aliphatic carbocycles. The monoisotopic (exact) mass is 234 g/mol. The second-order valence-corrected chi connectivity index (χ2v) is 4.67. The Labute approximate surface area is 104 Å². The molecular weight excluding hydrogens is 212 g/mol. The molecule has 2 unspecified atom stereocenters. The summed E-state index contributed by atoms with van der Waals surface area (Å²) in [5.74, 6) is 0.369. The molecule has 1 aromatic carbocycles. The van der Waals surface area contributed by atoms with Crippen LogP contribution in [0.2, 0.25) is 0 Å². The van der Waals surface area contributed by atoms with Gasteiger partial charge in [0.15, 0.2) is 0 Å². The van der Waals surface area contributed by atoms with Crippen molar-refractivity contribution >= 4 is 5.91 Å². The van der Waals surface area contributed by atoms with E-state index in [4.69, 9.17) is 5.73 Å². The van der Waals surface area contributed by atoms with E-state index in [1.165, 1.54) is 5.56 Å². The van der Waals surface area contributed by atoms with Gasteiger partial charge in [0, 0.05) is 26.1 Å². The molecule has 0 radical (unpaired) electrons. The predicted molar refractivity (Wildman–Crippen MR) is 70.7 cm³/mol. The Morgan fingerprint density at radius 2 is 1.88 bits per heavy atom. The highest BCUT2D eigenvalue weighted by atomic mass is 16.2. The minimum Gasteiger partial charge on any atom is -0.345 e. The fraction of sp³-hybridized carbons (Fsp3) is 0.500. The SMILES string of the molecule is CC(CN)C(=O)N(C)CC(C)c1ccccc1. The molecule has 2 N–H and O–H groups in total. The standard InChI is InChI=1S/C14H22N2O/c1-11(9-15)14(17)16(3)10-12(2)13-7-5-4-6-8-13/h4-8,11-12H,9-10,15H2,1-3H3. The maximum atomic E-state index is 11.9. The van der Waals surface area contributed by atoms with Crippen molar-refractivity contribution in [2.24, 2.45) is 11.7 Å². The number of rotatable bonds is 5. The summed E-state index contributed by atoms with van der Waals surface area (Å²) in [5.41, 5.74) is 6.76. The Balaban J connectivity index is 2.57. The van der Waals surface area contributed by atoms with Gasteiger partial charge in [-0.3, -0.25) is 4.79 Å². The Morgan fingerprint density at radius 3 is 2.41 bits per heavy atom. The van der Waals surface area contributed by atoms with Crippen molar-refractivity contribution in [1.82, 2.24) is 4.90 Å². The van der Waals surface area contributed by atoms with Gasteiger partial charge in [0.25, 0.3) is 0 Å². The minimum absolute atomic E-state index is 0.0945. The first-order valence-corrected chi connectivity index (χ1v) is 6.06. The molecule has 3 heteroatoms. The number of benzene rings is 1. The lowest BCUT2D eigenvalue weighted by molar-refractivity contribution is -0.133. The van der Waals surface area contributed by atoms with Crippen LogP contribution in [0, 0.1) is 5.92 Å². The van der Waals surface area contributed by atoms with E-state index in [1.54, 1.807) is 4.90 Å². The molecule has 0 spiro atoms. The van der Waals surface area contributed by atoms with Crippen molar-refractivity contribution in [2.45, 2.75) is 19.8 Å². The summed E-state index contributed by atoms with van der Waals surface area (Å²) in [7, 11) is 1.84. The number of hydrogen-bond acceptors (Lipinski definition) is 2. The van der Waals surface area contributed by atoms with Crippen molar-refractivity contribution in [3.8, 4) is 0 Å². The van der Waals surface area contributed by atoms with Crippen molar-refractivity contribution in [1.29, 1.82) is 0 Å². The van der Waals surface area contributed by atoms with Crippen LogP contribution in [0.1, 0.15) is 25.3 Å². The molecule has 17 heavy (non-hydrogen) atoms. The van der Waals surface area contributed by atoms with Crippen LogP contribution in [0.3, 0.4) is 0 Å². The maximum Gasteiger partial charge on any atom is 0.226 e. The molecule has 0 saturated carbocycles. The second kappa shape index (κ2) is 6.40. The van der Waals surface area contributed by atoms with Crippen LogP contribution in [0.5, 0.6) is 0 Å². The summed E-state index contributed by atoms with van der Waals surface area (Å²) >= 11 is 0. The number of hydrogen-bond donors (Lipinski definition) is 1. The summed E-state index contributed by atoms with van der Waals surface area (Å²) in [5, 5.41) is 0. The highest BCUT2D eigenvalue weighted by Gasteiger charge is 2.18. The van der Waals surface area contributed by atoms with Crippen LogP contribution < -0.4 is 5.73 Å². The van der Waals surface area contributed by atoms with Gasteiger partial charge in [0.05, 0.1) is 0 Å². The van der Waals surface area contributed by atoms with E-state index >= 15 is 0 Å². The second-order valence-electron chi connectivity index (χ2n) is 4.67. The van der Waals surface area contributed by atoms with E-state index < -0.39 is 0 Å². The van der Waals surface area contributed by atoms with Gasteiger partial charge < -0.3 is 10.6 Å². The fourth-order valence-corrected chi connectivity index (χ4v) is 1.86. The molecule has 2 atom stereocenters. The van der Waals surface area contributed by atoms with Crippen LogP contribution in [-0.2, 0) is 4.79 Å². The Kier molecular flexibility index (Phi) is 5.16. The smallest absolute Gasteiger partial charge is 0.226 e. The van der Waals surface area contributed by atoms with Gasteiger partial charge in [-0.1, -0.05) is 44.2 Å². The van der Waals surface area contributed by atoms with E-state index in [-0.39, 0.29) is 11.8 Å². The molecule has 94 valence electrons. The Hall–Kier alpha value is -1.35. The lowest BCUT2D eigenvalue weighted by atomic mass is 10.0. The quantitative estimate of drug-likeness (QED) is 0.845. The molecule has 1 amide bonds. The maximum absolute atomic E-state index is 11.9. The van der Waals surface area contributed by atoms with E-state index in [1.807, 2.05) is 32.2 Å². The molecule has 0 aliphatic rings. The van der Waals surface area contributed by atoms with E-state index in [0.29, 0.717) is 12.5 Å². The van der Waals surface area contributed by atoms with Gasteiger partial charge in [-0.15, -0.1) is 0 Å². The van der Waals surface area contributed by atoms with Crippen molar-refractivity contribution < 1.29 is 4.79 Å². The lowest BCUT2D eigenvalue weighted by Crippen LogP contribution is -2.37. The van der Waals surface area contributed by atoms with Gasteiger partial charge in [0.2, 0.25) is 5.91 Å². The normalized spacial score (nSPS) is 14.1. The zero-order valence-corrected chi connectivity index (χ0v) is 10.9. The molecule has 0 bridgehead atoms. The van der Waals surface area contributed by atoms with Crippen molar-refractivity contribution in [3.63, 3.8) is 0 Å². The number of nitrogens with zero attached hydrogens (tertiary/aromatic N) is 1. The zero-order chi connectivity index (χ0) is 12.8. The summed E-state index contributed by atoms with van der Waals surface area (Å²) in [4.78, 5) is 13.7. The average Bonchev–Trinajstić information content (AvgIpc) is 2.37. The molecule has 3 nitrogen and oxygen atoms in total. The number of carbonyl (C=O) groups is 1. The molecule has 0 heterocycles. The molecule has 0 fully saturated rings. The summed E-state index contributed by atoms with van der Waals surface area (Å²) in [6.45, 7) is 5.13. The van der Waals surface area contributed by atoms with E-state index in [2.05, 4.69) is 19.1 Å². The average molecular weight is 234 g/mol. The number of likely N-dealkylation sites (N-methyl/N-ethyl adjacent to an activating group) is 1. The fourth-order valence-electron chi connectivity index (χ4n) is 1.86. The molecule has 1 rings (SSSR count). The first-order valence-electron chi connectivity index (χ1n) is 6.06. The zero-order valence-electron chi connectivity index (χ0n) is 10.9. The van der Waals surface area contributed by atoms with Gasteiger partial charge in [-0.05, 0) is 11.5 Å². The highest BCUT2D eigenvalue weighted by molar-refractivity contribution is 5.78. The summed E-state index contributed by atoms with van der Waals surface area (Å²) < 4.78 is 0. The topological polar surface area (TPSA) is 46.3 Å². The largest absolute Gasteiger partial charge is 0.345 e. The Bertz CT molecular complexity index is 350. The molecule has 0 aliphatic heterocycles. The minimum atomic E-state index is -0.0945. The van der Waals surface area contributed by atoms with Crippen LogP contribution in [0.15, 0.2) is 30.3 Å². The van der Waals surface area contributed by atoms with Crippen molar-refractivity contribution in [3.05, 3.63) is 35.9 Å². The molecule has 1 aromatic rings. The number of amides is 1. The van der Waals surface area contributed by atoms with Gasteiger partial charge in [0.1, 0.15) is 0 Å². The van der Waals surface area contributed by atoms with Gasteiger partial charge >= 0.3 is 0 Å². The van der Waals surface area contributed by atoms with Crippen LogP contribution in [-0.4, -0.2) is 30.9 Å².